The molecule has 2 heterocycles. The average molecular weight is 231 g/mol. The number of rotatable bonds is 3. The first-order chi connectivity index (χ1) is 8.29. The summed E-state index contributed by atoms with van der Waals surface area (Å²) in [6, 6.07) is 4.02. The maximum atomic E-state index is 4.36. The van der Waals surface area contributed by atoms with Gasteiger partial charge in [-0.05, 0) is 25.5 Å². The summed E-state index contributed by atoms with van der Waals surface area (Å²) in [5, 5.41) is 3.09. The lowest BCUT2D eigenvalue weighted by Gasteiger charge is -2.21. The van der Waals surface area contributed by atoms with Crippen LogP contribution in [0.5, 0.6) is 0 Å². The summed E-state index contributed by atoms with van der Waals surface area (Å²) in [7, 11) is 0. The normalized spacial score (nSPS) is 14.7. The highest BCUT2D eigenvalue weighted by Gasteiger charge is 2.08. The molecule has 0 radical (unpaired) electrons. The zero-order chi connectivity index (χ0) is 12.1. The highest BCUT2D eigenvalue weighted by molar-refractivity contribution is 5.88. The number of nitrogens with one attached hydrogen (secondary N) is 1. The number of aliphatic imine (C=N–C) groups is 2. The van der Waals surface area contributed by atoms with Crippen LogP contribution in [0.1, 0.15) is 18.2 Å². The highest BCUT2D eigenvalue weighted by Crippen LogP contribution is 2.07. The molecule has 0 aliphatic carbocycles. The standard InChI is InChI=1S/C12H17N5/c1-3-13-12-15-8-17(9-16-12)7-11-10(2)5-4-6-14-11/h4-6,8H,3,7,9H2,1-2H3,(H,13,16). The van der Waals surface area contributed by atoms with Gasteiger partial charge in [0.15, 0.2) is 0 Å². The minimum Gasteiger partial charge on any atom is -0.355 e. The Morgan fingerprint density at radius 3 is 3.00 bits per heavy atom. The molecule has 5 heteroatoms. The van der Waals surface area contributed by atoms with Gasteiger partial charge in [0.05, 0.1) is 18.6 Å². The van der Waals surface area contributed by atoms with Crippen LogP contribution in [-0.4, -0.2) is 35.4 Å². The molecule has 0 aromatic carbocycles. The molecule has 1 aromatic rings. The molecular formula is C12H17N5. The summed E-state index contributed by atoms with van der Waals surface area (Å²) < 4.78 is 0. The van der Waals surface area contributed by atoms with E-state index in [1.54, 1.807) is 0 Å². The third kappa shape index (κ3) is 3.03. The number of guanidine groups is 1. The average Bonchev–Trinajstić information content (AvgIpc) is 2.35. The largest absolute Gasteiger partial charge is 0.355 e. The first-order valence-electron chi connectivity index (χ1n) is 5.76. The Labute approximate surface area is 101 Å². The van der Waals surface area contributed by atoms with Crippen molar-refractivity contribution in [3.05, 3.63) is 29.6 Å². The molecule has 0 unspecified atom stereocenters. The van der Waals surface area contributed by atoms with Gasteiger partial charge in [-0.15, -0.1) is 0 Å². The predicted molar refractivity (Wildman–Crippen MR) is 69.0 cm³/mol. The Balaban J connectivity index is 1.95. The van der Waals surface area contributed by atoms with Crippen molar-refractivity contribution in [2.24, 2.45) is 9.98 Å². The van der Waals surface area contributed by atoms with E-state index < -0.39 is 0 Å². The minimum absolute atomic E-state index is 0.627. The summed E-state index contributed by atoms with van der Waals surface area (Å²) in [5.74, 6) is 0.710. The Hall–Kier alpha value is -1.91. The van der Waals surface area contributed by atoms with Crippen molar-refractivity contribution >= 4 is 12.3 Å². The lowest BCUT2D eigenvalue weighted by Crippen LogP contribution is -2.32. The SMILES string of the molecule is CCNC1=NCN(Cc2ncccc2C)C=N1. The third-order valence-electron chi connectivity index (χ3n) is 2.55. The molecule has 0 atom stereocenters. The van der Waals surface area contributed by atoms with Crippen LogP contribution >= 0.6 is 0 Å². The van der Waals surface area contributed by atoms with Crippen LogP contribution < -0.4 is 5.32 Å². The van der Waals surface area contributed by atoms with Gasteiger partial charge < -0.3 is 10.2 Å². The van der Waals surface area contributed by atoms with Gasteiger partial charge in [0.2, 0.25) is 5.96 Å². The van der Waals surface area contributed by atoms with Crippen molar-refractivity contribution in [2.75, 3.05) is 13.2 Å². The van der Waals surface area contributed by atoms with E-state index in [0.29, 0.717) is 12.6 Å². The Bertz CT molecular complexity index is 438. The number of nitrogens with zero attached hydrogens (tertiary/aromatic N) is 4. The number of aryl methyl sites for hydroxylation is 1. The fraction of sp³-hybridized carbons (Fsp3) is 0.417. The van der Waals surface area contributed by atoms with Crippen LogP contribution in [0.3, 0.4) is 0 Å². The van der Waals surface area contributed by atoms with Crippen molar-refractivity contribution in [3.8, 4) is 0 Å². The molecule has 90 valence electrons. The van der Waals surface area contributed by atoms with E-state index in [-0.39, 0.29) is 0 Å². The van der Waals surface area contributed by atoms with Gasteiger partial charge in [0.25, 0.3) is 0 Å². The van der Waals surface area contributed by atoms with E-state index in [1.807, 2.05) is 30.4 Å². The lowest BCUT2D eigenvalue weighted by molar-refractivity contribution is 0.426. The summed E-state index contributed by atoms with van der Waals surface area (Å²) in [4.78, 5) is 15.0. The van der Waals surface area contributed by atoms with Crippen molar-refractivity contribution < 1.29 is 0 Å². The molecule has 1 aromatic heterocycles. The van der Waals surface area contributed by atoms with Crippen LogP contribution in [-0.2, 0) is 6.54 Å². The molecule has 1 N–H and O–H groups in total. The third-order valence-corrected chi connectivity index (χ3v) is 2.55. The van der Waals surface area contributed by atoms with Crippen LogP contribution in [0.2, 0.25) is 0 Å². The van der Waals surface area contributed by atoms with E-state index in [4.69, 9.17) is 0 Å². The fourth-order valence-electron chi connectivity index (χ4n) is 1.60. The van der Waals surface area contributed by atoms with Gasteiger partial charge in [-0.2, -0.15) is 0 Å². The fourth-order valence-corrected chi connectivity index (χ4v) is 1.60. The Morgan fingerprint density at radius 2 is 2.35 bits per heavy atom. The summed E-state index contributed by atoms with van der Waals surface area (Å²) in [5.41, 5.74) is 2.27. The van der Waals surface area contributed by atoms with E-state index in [1.165, 1.54) is 5.56 Å². The lowest BCUT2D eigenvalue weighted by atomic mass is 10.2. The number of hydrogen-bond acceptors (Lipinski definition) is 5. The van der Waals surface area contributed by atoms with Crippen LogP contribution in [0, 0.1) is 6.92 Å². The topological polar surface area (TPSA) is 52.9 Å². The number of aromatic nitrogens is 1. The van der Waals surface area contributed by atoms with E-state index in [0.717, 1.165) is 18.8 Å². The first kappa shape index (κ1) is 11.6. The van der Waals surface area contributed by atoms with Crippen LogP contribution in [0.4, 0.5) is 0 Å². The molecule has 5 nitrogen and oxygen atoms in total. The maximum Gasteiger partial charge on any atom is 0.221 e. The van der Waals surface area contributed by atoms with Crippen LogP contribution in [0.25, 0.3) is 0 Å². The molecule has 17 heavy (non-hydrogen) atoms. The van der Waals surface area contributed by atoms with Gasteiger partial charge in [-0.3, -0.25) is 4.98 Å². The van der Waals surface area contributed by atoms with Gasteiger partial charge >= 0.3 is 0 Å². The van der Waals surface area contributed by atoms with Gasteiger partial charge in [0.1, 0.15) is 6.67 Å². The minimum atomic E-state index is 0.627. The monoisotopic (exact) mass is 231 g/mol. The highest BCUT2D eigenvalue weighted by atomic mass is 15.3. The molecular weight excluding hydrogens is 214 g/mol. The molecule has 0 amide bonds. The molecule has 2 rings (SSSR count). The second-order valence-corrected chi connectivity index (χ2v) is 3.91. The quantitative estimate of drug-likeness (QED) is 0.849. The summed E-state index contributed by atoms with van der Waals surface area (Å²) >= 11 is 0. The van der Waals surface area contributed by atoms with Crippen molar-refractivity contribution in [2.45, 2.75) is 20.4 Å². The Morgan fingerprint density at radius 1 is 1.47 bits per heavy atom. The van der Waals surface area contributed by atoms with E-state index >= 15 is 0 Å². The van der Waals surface area contributed by atoms with Gasteiger partial charge in [0, 0.05) is 12.7 Å². The van der Waals surface area contributed by atoms with Gasteiger partial charge in [-0.25, -0.2) is 9.98 Å². The zero-order valence-electron chi connectivity index (χ0n) is 10.2. The molecule has 0 saturated heterocycles. The van der Waals surface area contributed by atoms with Crippen molar-refractivity contribution in [1.82, 2.24) is 15.2 Å². The smallest absolute Gasteiger partial charge is 0.221 e. The Kier molecular flexibility index (Phi) is 3.69. The molecule has 0 saturated carbocycles. The van der Waals surface area contributed by atoms with Crippen LogP contribution in [0.15, 0.2) is 28.3 Å². The molecule has 1 aliphatic heterocycles. The van der Waals surface area contributed by atoms with Crippen molar-refractivity contribution in [3.63, 3.8) is 0 Å². The van der Waals surface area contributed by atoms with Gasteiger partial charge in [-0.1, -0.05) is 6.07 Å². The van der Waals surface area contributed by atoms with E-state index in [2.05, 4.69) is 33.3 Å². The van der Waals surface area contributed by atoms with Crippen molar-refractivity contribution in [1.29, 1.82) is 0 Å². The molecule has 0 fully saturated rings. The molecule has 0 bridgehead atoms. The predicted octanol–water partition coefficient (Wildman–Crippen LogP) is 1.16. The first-order valence-corrected chi connectivity index (χ1v) is 5.76. The number of pyridine rings is 1. The second kappa shape index (κ2) is 5.43. The molecule has 1 aliphatic rings. The second-order valence-electron chi connectivity index (χ2n) is 3.91. The molecule has 0 spiro atoms. The maximum absolute atomic E-state index is 4.36. The summed E-state index contributed by atoms with van der Waals surface area (Å²) in [6.45, 7) is 6.31. The van der Waals surface area contributed by atoms with E-state index in [9.17, 15) is 0 Å². The zero-order valence-corrected chi connectivity index (χ0v) is 10.2. The number of hydrogen-bond donors (Lipinski definition) is 1. The summed E-state index contributed by atoms with van der Waals surface area (Å²) in [6.07, 6.45) is 3.63.